The number of halogens is 4. The molecule has 1 atom stereocenters. The molecule has 0 saturated heterocycles. The lowest BCUT2D eigenvalue weighted by atomic mass is 10.1. The molecule has 19 heavy (non-hydrogen) atoms. The van der Waals surface area contributed by atoms with Crippen molar-refractivity contribution in [3.63, 3.8) is 0 Å². The van der Waals surface area contributed by atoms with E-state index in [1.165, 1.54) is 0 Å². The second-order valence-corrected chi connectivity index (χ2v) is 5.01. The van der Waals surface area contributed by atoms with E-state index in [1.54, 1.807) is 7.05 Å². The van der Waals surface area contributed by atoms with Gasteiger partial charge in [-0.25, -0.2) is 0 Å². The Labute approximate surface area is 119 Å². The molecule has 1 unspecified atom stereocenters. The summed E-state index contributed by atoms with van der Waals surface area (Å²) in [6.45, 7) is 0.641. The lowest BCUT2D eigenvalue weighted by Crippen LogP contribution is -2.21. The fourth-order valence-electron chi connectivity index (χ4n) is 1.68. The Morgan fingerprint density at radius 3 is 2.58 bits per heavy atom. The van der Waals surface area contributed by atoms with Crippen LogP contribution >= 0.6 is 15.9 Å². The van der Waals surface area contributed by atoms with Gasteiger partial charge in [-0.15, -0.1) is 0 Å². The minimum Gasteiger partial charge on any atom is -0.372 e. The summed E-state index contributed by atoms with van der Waals surface area (Å²) in [5, 5.41) is 2.98. The summed E-state index contributed by atoms with van der Waals surface area (Å²) >= 11 is 3.42. The van der Waals surface area contributed by atoms with Gasteiger partial charge in [-0.2, -0.15) is 13.2 Å². The van der Waals surface area contributed by atoms with Crippen molar-refractivity contribution in [1.29, 1.82) is 0 Å². The van der Waals surface area contributed by atoms with Crippen molar-refractivity contribution in [2.45, 2.75) is 25.1 Å². The van der Waals surface area contributed by atoms with Crippen LogP contribution in [0.25, 0.3) is 0 Å². The maximum Gasteiger partial charge on any atom is 0.389 e. The number of rotatable bonds is 7. The van der Waals surface area contributed by atoms with Gasteiger partial charge < -0.3 is 10.1 Å². The highest BCUT2D eigenvalue weighted by molar-refractivity contribution is 9.10. The summed E-state index contributed by atoms with van der Waals surface area (Å²) in [5.74, 6) is 0. The van der Waals surface area contributed by atoms with Gasteiger partial charge in [0, 0.05) is 24.0 Å². The number of benzene rings is 1. The monoisotopic (exact) mass is 339 g/mol. The van der Waals surface area contributed by atoms with E-state index in [9.17, 15) is 13.2 Å². The van der Waals surface area contributed by atoms with E-state index < -0.39 is 12.6 Å². The van der Waals surface area contributed by atoms with E-state index in [4.69, 9.17) is 4.74 Å². The number of hydrogen-bond donors (Lipinski definition) is 1. The van der Waals surface area contributed by atoms with Crippen LogP contribution < -0.4 is 5.32 Å². The Morgan fingerprint density at radius 1 is 1.32 bits per heavy atom. The van der Waals surface area contributed by atoms with Crippen molar-refractivity contribution in [1.82, 2.24) is 5.32 Å². The highest BCUT2D eigenvalue weighted by Crippen LogP contribution is 2.26. The molecule has 6 heteroatoms. The standard InChI is InChI=1S/C13H17BrF3NO/c1-18-9-12(10-5-2-3-6-11(10)14)19-8-4-7-13(15,16)17/h2-3,5-6,12,18H,4,7-9H2,1H3. The zero-order valence-corrected chi connectivity index (χ0v) is 12.2. The number of hydrogen-bond acceptors (Lipinski definition) is 2. The van der Waals surface area contributed by atoms with Crippen LogP contribution in [0, 0.1) is 0 Å². The number of nitrogens with one attached hydrogen (secondary N) is 1. The second-order valence-electron chi connectivity index (χ2n) is 4.16. The van der Waals surface area contributed by atoms with E-state index in [-0.39, 0.29) is 19.1 Å². The molecule has 0 aliphatic carbocycles. The fraction of sp³-hybridized carbons (Fsp3) is 0.538. The van der Waals surface area contributed by atoms with E-state index in [0.717, 1.165) is 10.0 Å². The van der Waals surface area contributed by atoms with Crippen LogP contribution in [0.15, 0.2) is 28.7 Å². The Bertz CT molecular complexity index is 384. The molecule has 0 fully saturated rings. The Balaban J connectivity index is 2.52. The molecule has 108 valence electrons. The third kappa shape index (κ3) is 6.40. The molecular formula is C13H17BrF3NO. The predicted molar refractivity (Wildman–Crippen MR) is 72.1 cm³/mol. The Kier molecular flexibility index (Phi) is 6.82. The summed E-state index contributed by atoms with van der Waals surface area (Å²) in [7, 11) is 1.78. The maximum atomic E-state index is 12.0. The average molecular weight is 340 g/mol. The molecule has 2 nitrogen and oxygen atoms in total. The first-order valence-corrected chi connectivity index (χ1v) is 6.80. The van der Waals surface area contributed by atoms with Gasteiger partial charge in [-0.1, -0.05) is 34.1 Å². The van der Waals surface area contributed by atoms with Gasteiger partial charge >= 0.3 is 6.18 Å². The summed E-state index contributed by atoms with van der Waals surface area (Å²) in [4.78, 5) is 0. The lowest BCUT2D eigenvalue weighted by molar-refractivity contribution is -0.138. The van der Waals surface area contributed by atoms with E-state index in [2.05, 4.69) is 21.2 Å². The smallest absolute Gasteiger partial charge is 0.372 e. The van der Waals surface area contributed by atoms with Crippen molar-refractivity contribution in [3.05, 3.63) is 34.3 Å². The molecule has 0 radical (unpaired) electrons. The normalized spacial score (nSPS) is 13.5. The zero-order valence-electron chi connectivity index (χ0n) is 10.6. The quantitative estimate of drug-likeness (QED) is 0.756. The summed E-state index contributed by atoms with van der Waals surface area (Å²) in [5.41, 5.74) is 0.934. The summed E-state index contributed by atoms with van der Waals surface area (Å²) in [6.07, 6.45) is -5.20. The van der Waals surface area contributed by atoms with Crippen molar-refractivity contribution >= 4 is 15.9 Å². The van der Waals surface area contributed by atoms with Crippen LogP contribution in [0.2, 0.25) is 0 Å². The van der Waals surface area contributed by atoms with Crippen LogP contribution in [-0.2, 0) is 4.74 Å². The van der Waals surface area contributed by atoms with Gasteiger partial charge in [0.15, 0.2) is 0 Å². The number of alkyl halides is 3. The molecule has 0 aliphatic heterocycles. The molecule has 1 aromatic carbocycles. The van der Waals surface area contributed by atoms with Crippen molar-refractivity contribution < 1.29 is 17.9 Å². The number of likely N-dealkylation sites (N-methyl/N-ethyl adjacent to an activating group) is 1. The molecular weight excluding hydrogens is 323 g/mol. The summed E-state index contributed by atoms with van der Waals surface area (Å²) < 4.78 is 42.6. The molecule has 0 saturated carbocycles. The van der Waals surface area contributed by atoms with Crippen LogP contribution in [0.1, 0.15) is 24.5 Å². The van der Waals surface area contributed by atoms with Gasteiger partial charge in [0.1, 0.15) is 0 Å². The summed E-state index contributed by atoms with van der Waals surface area (Å²) in [6, 6.07) is 7.54. The molecule has 0 spiro atoms. The molecule has 0 bridgehead atoms. The van der Waals surface area contributed by atoms with Gasteiger partial charge in [0.05, 0.1) is 6.10 Å². The third-order valence-electron chi connectivity index (χ3n) is 2.57. The van der Waals surface area contributed by atoms with E-state index in [1.807, 2.05) is 24.3 Å². The minimum atomic E-state index is -4.12. The molecule has 1 aromatic rings. The van der Waals surface area contributed by atoms with Crippen molar-refractivity contribution in [2.75, 3.05) is 20.2 Å². The van der Waals surface area contributed by atoms with Gasteiger partial charge in [0.25, 0.3) is 0 Å². The van der Waals surface area contributed by atoms with Crippen LogP contribution in [-0.4, -0.2) is 26.4 Å². The maximum absolute atomic E-state index is 12.0. The average Bonchev–Trinajstić information content (AvgIpc) is 2.33. The minimum absolute atomic E-state index is 0.0197. The molecule has 0 aromatic heterocycles. The highest BCUT2D eigenvalue weighted by atomic mass is 79.9. The Morgan fingerprint density at radius 2 is 2.00 bits per heavy atom. The lowest BCUT2D eigenvalue weighted by Gasteiger charge is -2.19. The number of ether oxygens (including phenoxy) is 1. The Hall–Kier alpha value is -0.590. The predicted octanol–water partition coefficient (Wildman–Crippen LogP) is 4.07. The molecule has 1 rings (SSSR count). The first kappa shape index (κ1) is 16.5. The third-order valence-corrected chi connectivity index (χ3v) is 3.29. The highest BCUT2D eigenvalue weighted by Gasteiger charge is 2.26. The first-order valence-electron chi connectivity index (χ1n) is 6.01. The van der Waals surface area contributed by atoms with E-state index in [0.29, 0.717) is 6.54 Å². The van der Waals surface area contributed by atoms with Gasteiger partial charge in [0.2, 0.25) is 0 Å². The van der Waals surface area contributed by atoms with Crippen LogP contribution in [0.3, 0.4) is 0 Å². The molecule has 0 aliphatic rings. The van der Waals surface area contributed by atoms with Gasteiger partial charge in [-0.3, -0.25) is 0 Å². The first-order chi connectivity index (χ1) is 8.94. The fourth-order valence-corrected chi connectivity index (χ4v) is 2.22. The SMILES string of the molecule is CNCC(OCCCC(F)(F)F)c1ccccc1Br. The van der Waals surface area contributed by atoms with Crippen LogP contribution in [0.5, 0.6) is 0 Å². The second kappa shape index (κ2) is 7.87. The van der Waals surface area contributed by atoms with Gasteiger partial charge in [-0.05, 0) is 25.1 Å². The topological polar surface area (TPSA) is 21.3 Å². The largest absolute Gasteiger partial charge is 0.389 e. The van der Waals surface area contributed by atoms with Crippen LogP contribution in [0.4, 0.5) is 13.2 Å². The zero-order chi connectivity index (χ0) is 14.3. The molecule has 0 heterocycles. The molecule has 1 N–H and O–H groups in total. The van der Waals surface area contributed by atoms with Crippen molar-refractivity contribution in [2.24, 2.45) is 0 Å². The van der Waals surface area contributed by atoms with E-state index >= 15 is 0 Å². The van der Waals surface area contributed by atoms with Crippen molar-refractivity contribution in [3.8, 4) is 0 Å². The molecule has 0 amide bonds.